The Bertz CT molecular complexity index is 359. The molecule has 0 aliphatic heterocycles. The van der Waals surface area contributed by atoms with Gasteiger partial charge in [-0.05, 0) is 32.6 Å². The lowest BCUT2D eigenvalue weighted by molar-refractivity contribution is 0.197. The van der Waals surface area contributed by atoms with Crippen LogP contribution in [0.1, 0.15) is 57.2 Å². The fraction of sp³-hybridized carbons (Fsp3) is 0.769. The van der Waals surface area contributed by atoms with Crippen molar-refractivity contribution in [1.29, 1.82) is 0 Å². The Morgan fingerprint density at radius 3 is 2.25 bits per heavy atom. The summed E-state index contributed by atoms with van der Waals surface area (Å²) in [6, 6.07) is 0. The van der Waals surface area contributed by atoms with Crippen LogP contribution in [-0.2, 0) is 6.54 Å². The predicted octanol–water partition coefficient (Wildman–Crippen LogP) is 2.99. The zero-order valence-corrected chi connectivity index (χ0v) is 11.3. The van der Waals surface area contributed by atoms with Gasteiger partial charge in [-0.1, -0.05) is 20.8 Å². The molecule has 0 aromatic carbocycles. The average molecular weight is 224 g/mol. The molecule has 16 heavy (non-hydrogen) atoms. The van der Waals surface area contributed by atoms with Gasteiger partial charge < -0.3 is 5.11 Å². The second-order valence-electron chi connectivity index (χ2n) is 5.79. The Morgan fingerprint density at radius 1 is 1.31 bits per heavy atom. The van der Waals surface area contributed by atoms with Gasteiger partial charge in [0.1, 0.15) is 0 Å². The van der Waals surface area contributed by atoms with Gasteiger partial charge in [0.2, 0.25) is 0 Å². The molecule has 0 saturated carbocycles. The molecule has 1 aromatic heterocycles. The van der Waals surface area contributed by atoms with Gasteiger partial charge in [0.15, 0.2) is 0 Å². The van der Waals surface area contributed by atoms with Gasteiger partial charge in [0.25, 0.3) is 0 Å². The number of aliphatic hydroxyl groups excluding tert-OH is 1. The molecule has 1 N–H and O–H groups in total. The average Bonchev–Trinajstić information content (AvgIpc) is 2.36. The minimum absolute atomic E-state index is 0.317. The topological polar surface area (TPSA) is 38.0 Å². The predicted molar refractivity (Wildman–Crippen MR) is 66.4 cm³/mol. The van der Waals surface area contributed by atoms with Crippen molar-refractivity contribution in [3.05, 3.63) is 17.0 Å². The monoisotopic (exact) mass is 224 g/mol. The number of aryl methyl sites for hydroxylation is 2. The highest BCUT2D eigenvalue weighted by Crippen LogP contribution is 2.24. The number of aliphatic hydroxyl groups is 1. The van der Waals surface area contributed by atoms with Crippen molar-refractivity contribution >= 4 is 0 Å². The molecule has 0 saturated heterocycles. The van der Waals surface area contributed by atoms with Gasteiger partial charge >= 0.3 is 0 Å². The van der Waals surface area contributed by atoms with Crippen molar-refractivity contribution in [3.63, 3.8) is 0 Å². The number of aromatic nitrogens is 2. The van der Waals surface area contributed by atoms with Gasteiger partial charge in [0.05, 0.1) is 11.8 Å². The molecule has 0 spiro atoms. The third kappa shape index (κ3) is 3.08. The molecule has 0 fully saturated rings. The molecule has 0 amide bonds. The van der Waals surface area contributed by atoms with E-state index in [1.54, 1.807) is 6.92 Å². The molecule has 0 aliphatic carbocycles. The van der Waals surface area contributed by atoms with Crippen molar-refractivity contribution in [2.45, 2.75) is 60.6 Å². The van der Waals surface area contributed by atoms with Crippen LogP contribution in [0, 0.1) is 19.3 Å². The van der Waals surface area contributed by atoms with Crippen LogP contribution in [0.25, 0.3) is 0 Å². The molecule has 1 unspecified atom stereocenters. The minimum Gasteiger partial charge on any atom is -0.389 e. The van der Waals surface area contributed by atoms with Gasteiger partial charge in [-0.25, -0.2) is 0 Å². The molecule has 1 rings (SSSR count). The van der Waals surface area contributed by atoms with Crippen molar-refractivity contribution in [2.75, 3.05) is 0 Å². The molecular weight excluding hydrogens is 200 g/mol. The van der Waals surface area contributed by atoms with Crippen LogP contribution in [0.4, 0.5) is 0 Å². The standard InChI is InChI=1S/C13H24N2O/c1-9-12(11(3)16)10(2)15(14-9)8-7-13(4,5)6/h11,16H,7-8H2,1-6H3. The van der Waals surface area contributed by atoms with E-state index in [1.807, 2.05) is 18.5 Å². The second-order valence-corrected chi connectivity index (χ2v) is 5.79. The SMILES string of the molecule is Cc1nn(CCC(C)(C)C)c(C)c1C(C)O. The summed E-state index contributed by atoms with van der Waals surface area (Å²) in [6.07, 6.45) is 0.664. The lowest BCUT2D eigenvalue weighted by Gasteiger charge is -2.18. The molecule has 1 atom stereocenters. The maximum atomic E-state index is 9.67. The Morgan fingerprint density at radius 2 is 1.88 bits per heavy atom. The Balaban J connectivity index is 2.87. The first-order valence-electron chi connectivity index (χ1n) is 5.94. The van der Waals surface area contributed by atoms with Crippen molar-refractivity contribution in [3.8, 4) is 0 Å². The van der Waals surface area contributed by atoms with Crippen molar-refractivity contribution < 1.29 is 5.11 Å². The van der Waals surface area contributed by atoms with Crippen LogP contribution in [0.3, 0.4) is 0 Å². The first kappa shape index (κ1) is 13.2. The Labute approximate surface area is 98.5 Å². The maximum absolute atomic E-state index is 9.67. The summed E-state index contributed by atoms with van der Waals surface area (Å²) in [5, 5.41) is 14.2. The first-order valence-corrected chi connectivity index (χ1v) is 5.94. The van der Waals surface area contributed by atoms with Crippen LogP contribution in [0.5, 0.6) is 0 Å². The summed E-state index contributed by atoms with van der Waals surface area (Å²) in [4.78, 5) is 0. The minimum atomic E-state index is -0.427. The van der Waals surface area contributed by atoms with Crippen molar-refractivity contribution in [2.24, 2.45) is 5.41 Å². The van der Waals surface area contributed by atoms with E-state index in [2.05, 4.69) is 25.9 Å². The lowest BCUT2D eigenvalue weighted by Crippen LogP contribution is -2.12. The van der Waals surface area contributed by atoms with E-state index in [0.29, 0.717) is 5.41 Å². The molecule has 0 radical (unpaired) electrons. The molecule has 92 valence electrons. The summed E-state index contributed by atoms with van der Waals surface area (Å²) < 4.78 is 2.02. The van der Waals surface area contributed by atoms with E-state index >= 15 is 0 Å². The highest BCUT2D eigenvalue weighted by Gasteiger charge is 2.17. The van der Waals surface area contributed by atoms with Crippen molar-refractivity contribution in [1.82, 2.24) is 9.78 Å². The zero-order chi connectivity index (χ0) is 12.5. The third-order valence-corrected chi connectivity index (χ3v) is 2.93. The van der Waals surface area contributed by atoms with Gasteiger partial charge in [-0.3, -0.25) is 4.68 Å². The van der Waals surface area contributed by atoms with Gasteiger partial charge in [-0.15, -0.1) is 0 Å². The molecule has 0 aliphatic rings. The van der Waals surface area contributed by atoms with Crippen LogP contribution >= 0.6 is 0 Å². The molecular formula is C13H24N2O. The molecule has 0 bridgehead atoms. The lowest BCUT2D eigenvalue weighted by atomic mass is 9.92. The quantitative estimate of drug-likeness (QED) is 0.857. The zero-order valence-electron chi connectivity index (χ0n) is 11.3. The number of hydrogen-bond donors (Lipinski definition) is 1. The van der Waals surface area contributed by atoms with Crippen LogP contribution in [-0.4, -0.2) is 14.9 Å². The van der Waals surface area contributed by atoms with Gasteiger partial charge in [0, 0.05) is 17.8 Å². The van der Waals surface area contributed by atoms with E-state index in [1.165, 1.54) is 0 Å². The van der Waals surface area contributed by atoms with E-state index in [0.717, 1.165) is 29.9 Å². The number of nitrogens with zero attached hydrogens (tertiary/aromatic N) is 2. The Kier molecular flexibility index (Phi) is 3.79. The smallest absolute Gasteiger partial charge is 0.0797 e. The molecule has 3 nitrogen and oxygen atoms in total. The van der Waals surface area contributed by atoms with E-state index in [4.69, 9.17) is 0 Å². The normalized spacial score (nSPS) is 14.2. The van der Waals surface area contributed by atoms with E-state index in [-0.39, 0.29) is 0 Å². The highest BCUT2D eigenvalue weighted by molar-refractivity contribution is 5.26. The fourth-order valence-corrected chi connectivity index (χ4v) is 1.97. The Hall–Kier alpha value is -0.830. The summed E-state index contributed by atoms with van der Waals surface area (Å²) in [6.45, 7) is 13.4. The molecule has 1 heterocycles. The first-order chi connectivity index (χ1) is 7.22. The summed E-state index contributed by atoms with van der Waals surface area (Å²) in [5.74, 6) is 0. The number of hydrogen-bond acceptors (Lipinski definition) is 2. The largest absolute Gasteiger partial charge is 0.389 e. The molecule has 1 aromatic rings. The van der Waals surface area contributed by atoms with Crippen LogP contribution < -0.4 is 0 Å². The maximum Gasteiger partial charge on any atom is 0.0797 e. The highest BCUT2D eigenvalue weighted by atomic mass is 16.3. The summed E-state index contributed by atoms with van der Waals surface area (Å²) in [5.41, 5.74) is 3.34. The summed E-state index contributed by atoms with van der Waals surface area (Å²) >= 11 is 0. The van der Waals surface area contributed by atoms with E-state index < -0.39 is 6.10 Å². The fourth-order valence-electron chi connectivity index (χ4n) is 1.97. The van der Waals surface area contributed by atoms with E-state index in [9.17, 15) is 5.11 Å². The molecule has 3 heteroatoms. The van der Waals surface area contributed by atoms with Crippen LogP contribution in [0.2, 0.25) is 0 Å². The second kappa shape index (κ2) is 4.58. The third-order valence-electron chi connectivity index (χ3n) is 2.93. The summed E-state index contributed by atoms with van der Waals surface area (Å²) in [7, 11) is 0. The number of rotatable bonds is 3. The van der Waals surface area contributed by atoms with Crippen LogP contribution in [0.15, 0.2) is 0 Å². The van der Waals surface area contributed by atoms with Gasteiger partial charge in [-0.2, -0.15) is 5.10 Å².